The molecular formula is C27H30O10. The van der Waals surface area contributed by atoms with Crippen molar-refractivity contribution >= 4 is 37.1 Å². The number of carbonyl (C=O) groups excluding carboxylic acids is 4. The third-order valence-electron chi connectivity index (χ3n) is 3.86. The Bertz CT molecular complexity index is 925. The molecule has 10 heteroatoms. The molecule has 10 nitrogen and oxygen atoms in total. The van der Waals surface area contributed by atoms with Gasteiger partial charge in [0.25, 0.3) is 0 Å². The summed E-state index contributed by atoms with van der Waals surface area (Å²) in [6.45, 7) is 7.45. The number of carboxylic acids is 2. The summed E-state index contributed by atoms with van der Waals surface area (Å²) in [6.07, 6.45) is 3.41. The first-order valence-corrected chi connectivity index (χ1v) is 10.5. The van der Waals surface area contributed by atoms with Crippen LogP contribution < -0.4 is 0 Å². The molecular weight excluding hydrogens is 484 g/mol. The summed E-state index contributed by atoms with van der Waals surface area (Å²) < 4.78 is 9.96. The molecule has 0 aromatic heterocycles. The molecule has 0 radical (unpaired) electrons. The fraction of sp³-hybridized carbons (Fsp3) is 0.185. The summed E-state index contributed by atoms with van der Waals surface area (Å²) in [5.74, 6) is -1.92. The predicted molar refractivity (Wildman–Crippen MR) is 135 cm³/mol. The minimum absolute atomic E-state index is 0.0126. The highest BCUT2D eigenvalue weighted by molar-refractivity contribution is 5.84. The summed E-state index contributed by atoms with van der Waals surface area (Å²) in [4.78, 5) is 60.0. The van der Waals surface area contributed by atoms with Gasteiger partial charge < -0.3 is 34.1 Å². The van der Waals surface area contributed by atoms with Gasteiger partial charge in [0.2, 0.25) is 0 Å². The predicted octanol–water partition coefficient (Wildman–Crippen LogP) is 2.65. The molecule has 2 aromatic rings. The van der Waals surface area contributed by atoms with Crippen molar-refractivity contribution in [2.24, 2.45) is 0 Å². The van der Waals surface area contributed by atoms with E-state index in [2.05, 4.69) is 17.9 Å². The van der Waals surface area contributed by atoms with Crippen LogP contribution in [0.4, 0.5) is 0 Å². The Morgan fingerprint density at radius 2 is 1.16 bits per heavy atom. The highest BCUT2D eigenvalue weighted by Crippen LogP contribution is 2.31. The minimum atomic E-state index is -1.23. The van der Waals surface area contributed by atoms with Crippen molar-refractivity contribution < 1.29 is 48.5 Å². The van der Waals surface area contributed by atoms with Crippen molar-refractivity contribution in [3.63, 3.8) is 0 Å². The van der Waals surface area contributed by atoms with Gasteiger partial charge in [-0.2, -0.15) is 0 Å². The molecule has 0 unspecified atom stereocenters. The number of ether oxygens (including phenoxy) is 2. The van der Waals surface area contributed by atoms with Crippen molar-refractivity contribution in [3.8, 4) is 0 Å². The first kappa shape index (κ1) is 34.6. The van der Waals surface area contributed by atoms with Crippen LogP contribution in [0.5, 0.6) is 0 Å². The standard InChI is InChI=1S/C16H14O3.C4H6O3.C4H6O2.C3H4O2/c17-11-12-19-16(13-18,14-7-3-1-4-8-14)15-9-5-2-6-10-15;5-1-3-7-4-2-6;1-3(2)4(5)6;1-2-3(4)5/h1-11,13H,12H2;1-2H,3-4H2;1H2,2H3,(H,5,6);2H,1H2,(H,4,5). The largest absolute Gasteiger partial charge is 0.478 e. The lowest BCUT2D eigenvalue weighted by molar-refractivity contribution is -0.133. The first-order valence-electron chi connectivity index (χ1n) is 10.5. The Hall–Kier alpha value is -4.54. The molecule has 0 saturated heterocycles. The summed E-state index contributed by atoms with van der Waals surface area (Å²) >= 11 is 0. The Morgan fingerprint density at radius 1 is 0.811 bits per heavy atom. The zero-order valence-electron chi connectivity index (χ0n) is 20.4. The van der Waals surface area contributed by atoms with E-state index in [-0.39, 0.29) is 25.4 Å². The zero-order chi connectivity index (χ0) is 28.5. The Kier molecular flexibility index (Phi) is 20.5. The van der Waals surface area contributed by atoms with Crippen molar-refractivity contribution in [1.29, 1.82) is 0 Å². The minimum Gasteiger partial charge on any atom is -0.478 e. The van der Waals surface area contributed by atoms with Crippen LogP contribution in [-0.2, 0) is 43.8 Å². The van der Waals surface area contributed by atoms with Gasteiger partial charge in [-0.15, -0.1) is 0 Å². The van der Waals surface area contributed by atoms with Gasteiger partial charge in [-0.3, -0.25) is 4.79 Å². The number of benzene rings is 2. The maximum absolute atomic E-state index is 11.7. The van der Waals surface area contributed by atoms with Crippen LogP contribution in [0.15, 0.2) is 85.5 Å². The van der Waals surface area contributed by atoms with E-state index < -0.39 is 17.5 Å². The number of carboxylic acid groups (broad SMARTS) is 2. The van der Waals surface area contributed by atoms with Gasteiger partial charge in [0.1, 0.15) is 38.7 Å². The number of aliphatic carboxylic acids is 2. The molecule has 0 atom stereocenters. The molecule has 0 saturated carbocycles. The molecule has 198 valence electrons. The monoisotopic (exact) mass is 514 g/mol. The molecule has 0 aliphatic rings. The SMILES string of the molecule is C=C(C)C(=O)O.C=CC(=O)O.O=CCOC(C=O)(c1ccccc1)c1ccccc1.O=CCOCC=O. The summed E-state index contributed by atoms with van der Waals surface area (Å²) in [5, 5.41) is 15.5. The maximum Gasteiger partial charge on any atom is 0.330 e. The number of hydrogen-bond acceptors (Lipinski definition) is 8. The van der Waals surface area contributed by atoms with Crippen molar-refractivity contribution in [2.75, 3.05) is 19.8 Å². The molecule has 2 N–H and O–H groups in total. The third kappa shape index (κ3) is 15.9. The van der Waals surface area contributed by atoms with Gasteiger partial charge in [-0.1, -0.05) is 73.8 Å². The van der Waals surface area contributed by atoms with E-state index in [9.17, 15) is 28.8 Å². The van der Waals surface area contributed by atoms with Gasteiger partial charge in [-0.25, -0.2) is 9.59 Å². The smallest absolute Gasteiger partial charge is 0.330 e. The normalized spacial score (nSPS) is 9.22. The van der Waals surface area contributed by atoms with Crippen LogP contribution in [0, 0.1) is 0 Å². The second-order valence-corrected chi connectivity index (χ2v) is 6.56. The van der Waals surface area contributed by atoms with E-state index in [1.807, 2.05) is 60.7 Å². The van der Waals surface area contributed by atoms with E-state index in [1.54, 1.807) is 0 Å². The van der Waals surface area contributed by atoms with Crippen LogP contribution in [0.1, 0.15) is 18.1 Å². The number of rotatable bonds is 12. The van der Waals surface area contributed by atoms with E-state index >= 15 is 0 Å². The third-order valence-corrected chi connectivity index (χ3v) is 3.86. The maximum atomic E-state index is 11.7. The molecule has 2 aromatic carbocycles. The Morgan fingerprint density at radius 3 is 1.41 bits per heavy atom. The summed E-state index contributed by atoms with van der Waals surface area (Å²) in [5.41, 5.74) is 0.356. The lowest BCUT2D eigenvalue weighted by Gasteiger charge is -2.28. The van der Waals surface area contributed by atoms with Crippen LogP contribution >= 0.6 is 0 Å². The topological polar surface area (TPSA) is 161 Å². The molecule has 0 spiro atoms. The van der Waals surface area contributed by atoms with Crippen molar-refractivity contribution in [1.82, 2.24) is 0 Å². The average Bonchev–Trinajstić information content (AvgIpc) is 2.92. The van der Waals surface area contributed by atoms with Crippen LogP contribution in [-0.4, -0.2) is 67.1 Å². The fourth-order valence-corrected chi connectivity index (χ4v) is 2.20. The van der Waals surface area contributed by atoms with E-state index in [0.29, 0.717) is 30.0 Å². The number of carbonyl (C=O) groups is 6. The van der Waals surface area contributed by atoms with Gasteiger partial charge >= 0.3 is 11.9 Å². The van der Waals surface area contributed by atoms with Crippen molar-refractivity contribution in [2.45, 2.75) is 12.5 Å². The second-order valence-electron chi connectivity index (χ2n) is 6.56. The molecule has 0 bridgehead atoms. The van der Waals surface area contributed by atoms with Crippen LogP contribution in [0.3, 0.4) is 0 Å². The van der Waals surface area contributed by atoms with Gasteiger partial charge in [0, 0.05) is 11.6 Å². The van der Waals surface area contributed by atoms with E-state index in [4.69, 9.17) is 14.9 Å². The van der Waals surface area contributed by atoms with Crippen LogP contribution in [0.2, 0.25) is 0 Å². The lowest BCUT2D eigenvalue weighted by atomic mass is 9.87. The number of aldehydes is 4. The van der Waals surface area contributed by atoms with Gasteiger partial charge in [0.15, 0.2) is 11.9 Å². The molecule has 0 aliphatic carbocycles. The van der Waals surface area contributed by atoms with Crippen LogP contribution in [0.25, 0.3) is 0 Å². The first-order chi connectivity index (χ1) is 17.7. The average molecular weight is 515 g/mol. The highest BCUT2D eigenvalue weighted by atomic mass is 16.5. The molecule has 2 rings (SSSR count). The quantitative estimate of drug-likeness (QED) is 0.245. The molecule has 37 heavy (non-hydrogen) atoms. The molecule has 0 amide bonds. The second kappa shape index (κ2) is 22.0. The van der Waals surface area contributed by atoms with Gasteiger partial charge in [-0.05, 0) is 18.1 Å². The summed E-state index contributed by atoms with van der Waals surface area (Å²) in [7, 11) is 0. The highest BCUT2D eigenvalue weighted by Gasteiger charge is 2.35. The number of hydrogen-bond donors (Lipinski definition) is 2. The molecule has 0 fully saturated rings. The fourth-order valence-electron chi connectivity index (χ4n) is 2.20. The van der Waals surface area contributed by atoms with E-state index in [1.165, 1.54) is 6.92 Å². The Labute approximate surface area is 214 Å². The lowest BCUT2D eigenvalue weighted by Crippen LogP contribution is -2.33. The summed E-state index contributed by atoms with van der Waals surface area (Å²) in [6, 6.07) is 18.3. The molecule has 0 aliphatic heterocycles. The molecule has 0 heterocycles. The van der Waals surface area contributed by atoms with Gasteiger partial charge in [0.05, 0.1) is 0 Å². The van der Waals surface area contributed by atoms with E-state index in [0.717, 1.165) is 12.4 Å². The Balaban J connectivity index is 0. The van der Waals surface area contributed by atoms with Crippen molar-refractivity contribution in [3.05, 3.63) is 96.6 Å². The zero-order valence-corrected chi connectivity index (χ0v) is 20.4.